The molecule has 1 fully saturated rings. The van der Waals surface area contributed by atoms with Crippen LogP contribution in [0.25, 0.3) is 10.6 Å². The van der Waals surface area contributed by atoms with Crippen LogP contribution >= 0.6 is 22.7 Å². The van der Waals surface area contributed by atoms with E-state index in [2.05, 4.69) is 37.9 Å². The summed E-state index contributed by atoms with van der Waals surface area (Å²) in [6.07, 6.45) is 2.63. The molecule has 0 radical (unpaired) electrons. The van der Waals surface area contributed by atoms with E-state index >= 15 is 0 Å². The van der Waals surface area contributed by atoms with Crippen molar-refractivity contribution in [3.8, 4) is 10.6 Å². The van der Waals surface area contributed by atoms with Crippen molar-refractivity contribution >= 4 is 34.4 Å². The third kappa shape index (κ3) is 4.54. The second-order valence-electron chi connectivity index (χ2n) is 6.64. The number of nitrogens with one attached hydrogen (secondary N) is 1. The molecule has 140 valence electrons. The molecule has 5 nitrogen and oxygen atoms in total. The maximum Gasteiger partial charge on any atom is 0.223 e. The number of hydrogen-bond donors (Lipinski definition) is 1. The molecule has 0 atom stereocenters. The molecule has 27 heavy (non-hydrogen) atoms. The number of piperidine rings is 1. The summed E-state index contributed by atoms with van der Waals surface area (Å²) >= 11 is 3.40. The van der Waals surface area contributed by atoms with Crippen LogP contribution in [0.5, 0.6) is 0 Å². The van der Waals surface area contributed by atoms with E-state index in [0.717, 1.165) is 55.3 Å². The third-order valence-corrected chi connectivity index (χ3v) is 6.69. The van der Waals surface area contributed by atoms with Crippen LogP contribution in [0.15, 0.2) is 47.2 Å². The predicted molar refractivity (Wildman–Crippen MR) is 111 cm³/mol. The van der Waals surface area contributed by atoms with Crippen LogP contribution in [-0.2, 0) is 11.2 Å². The monoisotopic (exact) mass is 398 g/mol. The molecule has 0 aliphatic carbocycles. The van der Waals surface area contributed by atoms with Gasteiger partial charge in [0.1, 0.15) is 5.69 Å². The zero-order valence-electron chi connectivity index (χ0n) is 15.0. The van der Waals surface area contributed by atoms with Gasteiger partial charge in [-0.3, -0.25) is 4.79 Å². The molecular weight excluding hydrogens is 376 g/mol. The van der Waals surface area contributed by atoms with Crippen molar-refractivity contribution in [2.45, 2.75) is 19.3 Å². The van der Waals surface area contributed by atoms with E-state index in [1.807, 2.05) is 29.6 Å². The Morgan fingerprint density at radius 3 is 2.56 bits per heavy atom. The zero-order valence-corrected chi connectivity index (χ0v) is 16.6. The van der Waals surface area contributed by atoms with Crippen LogP contribution in [0, 0.1) is 5.92 Å². The SMILES string of the molecule is O=C(NCCc1cccs1)C1CCN(c2ccc(-c3cccs3)nn2)CC1. The summed E-state index contributed by atoms with van der Waals surface area (Å²) in [4.78, 5) is 17.1. The molecule has 0 aromatic carbocycles. The number of nitrogens with zero attached hydrogens (tertiary/aromatic N) is 3. The minimum Gasteiger partial charge on any atom is -0.355 e. The van der Waals surface area contributed by atoms with Gasteiger partial charge in [0.05, 0.1) is 4.88 Å². The lowest BCUT2D eigenvalue weighted by Gasteiger charge is -2.31. The molecule has 1 saturated heterocycles. The predicted octanol–water partition coefficient (Wildman–Crippen LogP) is 3.84. The van der Waals surface area contributed by atoms with Crippen LogP contribution in [0.1, 0.15) is 17.7 Å². The summed E-state index contributed by atoms with van der Waals surface area (Å²) in [6.45, 7) is 2.40. The molecule has 3 aromatic rings. The summed E-state index contributed by atoms with van der Waals surface area (Å²) in [6, 6.07) is 12.3. The van der Waals surface area contributed by atoms with E-state index in [1.54, 1.807) is 22.7 Å². The molecule has 0 saturated carbocycles. The highest BCUT2D eigenvalue weighted by Crippen LogP contribution is 2.25. The maximum atomic E-state index is 12.4. The van der Waals surface area contributed by atoms with Crippen molar-refractivity contribution in [1.82, 2.24) is 15.5 Å². The summed E-state index contributed by atoms with van der Waals surface area (Å²) in [5.74, 6) is 1.18. The van der Waals surface area contributed by atoms with E-state index < -0.39 is 0 Å². The van der Waals surface area contributed by atoms with Crippen LogP contribution < -0.4 is 10.2 Å². The maximum absolute atomic E-state index is 12.4. The Morgan fingerprint density at radius 2 is 1.89 bits per heavy atom. The Kier molecular flexibility index (Phi) is 5.79. The van der Waals surface area contributed by atoms with Gasteiger partial charge in [-0.2, -0.15) is 0 Å². The molecule has 1 aliphatic heterocycles. The van der Waals surface area contributed by atoms with Crippen LogP contribution in [0.3, 0.4) is 0 Å². The molecule has 1 amide bonds. The Bertz CT molecular complexity index is 839. The quantitative estimate of drug-likeness (QED) is 0.685. The average molecular weight is 399 g/mol. The zero-order chi connectivity index (χ0) is 18.5. The number of aromatic nitrogens is 2. The van der Waals surface area contributed by atoms with Crippen LogP contribution in [-0.4, -0.2) is 35.7 Å². The first-order chi connectivity index (χ1) is 13.3. The molecule has 4 heterocycles. The van der Waals surface area contributed by atoms with Crippen molar-refractivity contribution < 1.29 is 4.79 Å². The Labute approximate surface area is 167 Å². The van der Waals surface area contributed by atoms with Gasteiger partial charge in [0.15, 0.2) is 5.82 Å². The highest BCUT2D eigenvalue weighted by Gasteiger charge is 2.25. The summed E-state index contributed by atoms with van der Waals surface area (Å²) < 4.78 is 0. The van der Waals surface area contributed by atoms with E-state index in [0.29, 0.717) is 0 Å². The van der Waals surface area contributed by atoms with Gasteiger partial charge < -0.3 is 10.2 Å². The highest BCUT2D eigenvalue weighted by molar-refractivity contribution is 7.13. The van der Waals surface area contributed by atoms with Crippen molar-refractivity contribution in [1.29, 1.82) is 0 Å². The van der Waals surface area contributed by atoms with Gasteiger partial charge in [-0.25, -0.2) is 0 Å². The minimum absolute atomic E-state index is 0.0999. The fourth-order valence-electron chi connectivity index (χ4n) is 3.33. The van der Waals surface area contributed by atoms with E-state index in [-0.39, 0.29) is 11.8 Å². The Balaban J connectivity index is 1.25. The molecule has 4 rings (SSSR count). The van der Waals surface area contributed by atoms with Gasteiger partial charge >= 0.3 is 0 Å². The van der Waals surface area contributed by atoms with Crippen LogP contribution in [0.4, 0.5) is 5.82 Å². The van der Waals surface area contributed by atoms with Gasteiger partial charge in [-0.05, 0) is 54.3 Å². The number of carbonyl (C=O) groups excluding carboxylic acids is 1. The van der Waals surface area contributed by atoms with Gasteiger partial charge in [-0.15, -0.1) is 32.9 Å². The number of thiophene rings is 2. The van der Waals surface area contributed by atoms with Crippen molar-refractivity contribution in [2.75, 3.05) is 24.5 Å². The third-order valence-electron chi connectivity index (χ3n) is 4.86. The molecule has 1 N–H and O–H groups in total. The second-order valence-corrected chi connectivity index (χ2v) is 8.62. The van der Waals surface area contributed by atoms with E-state index in [9.17, 15) is 4.79 Å². The number of rotatable bonds is 6. The first kappa shape index (κ1) is 18.1. The van der Waals surface area contributed by atoms with Gasteiger partial charge in [-0.1, -0.05) is 12.1 Å². The van der Waals surface area contributed by atoms with Crippen LogP contribution in [0.2, 0.25) is 0 Å². The van der Waals surface area contributed by atoms with E-state index in [4.69, 9.17) is 0 Å². The molecule has 0 unspecified atom stereocenters. The van der Waals surface area contributed by atoms with Gasteiger partial charge in [0.25, 0.3) is 0 Å². The smallest absolute Gasteiger partial charge is 0.223 e. The standard InChI is InChI=1S/C20H22N4OS2/c25-20(21-10-7-16-3-1-13-26-16)15-8-11-24(12-9-15)19-6-5-17(22-23-19)18-4-2-14-27-18/h1-6,13-15H,7-12H2,(H,21,25). The second kappa shape index (κ2) is 8.63. The molecular formula is C20H22N4OS2. The first-order valence-electron chi connectivity index (χ1n) is 9.22. The Morgan fingerprint density at radius 1 is 1.07 bits per heavy atom. The lowest BCUT2D eigenvalue weighted by atomic mass is 9.96. The minimum atomic E-state index is 0.0999. The normalized spacial score (nSPS) is 15.0. The first-order valence-corrected chi connectivity index (χ1v) is 11.0. The summed E-state index contributed by atoms with van der Waals surface area (Å²) in [5, 5.41) is 16.0. The van der Waals surface area contributed by atoms with Crippen molar-refractivity contribution in [2.24, 2.45) is 5.92 Å². The summed E-state index contributed by atoms with van der Waals surface area (Å²) in [5.41, 5.74) is 0.911. The lowest BCUT2D eigenvalue weighted by molar-refractivity contribution is -0.125. The number of hydrogen-bond acceptors (Lipinski definition) is 6. The topological polar surface area (TPSA) is 58.1 Å². The largest absolute Gasteiger partial charge is 0.355 e. The molecule has 3 aromatic heterocycles. The molecule has 7 heteroatoms. The van der Waals surface area contributed by atoms with Gasteiger partial charge in [0.2, 0.25) is 5.91 Å². The fourth-order valence-corrected chi connectivity index (χ4v) is 4.73. The molecule has 0 spiro atoms. The van der Waals surface area contributed by atoms with Gasteiger partial charge in [0, 0.05) is 30.4 Å². The number of anilines is 1. The highest BCUT2D eigenvalue weighted by atomic mass is 32.1. The Hall–Kier alpha value is -2.25. The fraction of sp³-hybridized carbons (Fsp3) is 0.350. The molecule has 0 bridgehead atoms. The lowest BCUT2D eigenvalue weighted by Crippen LogP contribution is -2.41. The molecule has 1 aliphatic rings. The number of carbonyl (C=O) groups is 1. The summed E-state index contributed by atoms with van der Waals surface area (Å²) in [7, 11) is 0. The van der Waals surface area contributed by atoms with Crippen molar-refractivity contribution in [3.05, 3.63) is 52.0 Å². The number of amides is 1. The average Bonchev–Trinajstić information content (AvgIpc) is 3.42. The van der Waals surface area contributed by atoms with E-state index in [1.165, 1.54) is 4.88 Å². The van der Waals surface area contributed by atoms with Crippen molar-refractivity contribution in [3.63, 3.8) is 0 Å².